The molecule has 2 fully saturated rings. The lowest BCUT2D eigenvalue weighted by molar-refractivity contribution is -0.142. The molecule has 0 amide bonds. The van der Waals surface area contributed by atoms with Crippen LogP contribution in [0.1, 0.15) is 51.5 Å². The maximum atomic E-state index is 11.8. The molecule has 3 N–H and O–H groups in total. The van der Waals surface area contributed by atoms with Gasteiger partial charge in [-0.05, 0) is 26.7 Å². The molecule has 1 saturated heterocycles. The van der Waals surface area contributed by atoms with Gasteiger partial charge < -0.3 is 25.2 Å². The molecule has 0 unspecified atom stereocenters. The number of aliphatic carboxylic acids is 1. The number of ether oxygens (including phenoxy) is 1. The number of carboxylic acids is 1. The molecule has 1 saturated carbocycles. The maximum Gasteiger partial charge on any atom is 0.313 e. The van der Waals surface area contributed by atoms with E-state index in [9.17, 15) is 15.0 Å². The van der Waals surface area contributed by atoms with Crippen LogP contribution < -0.4 is 10.2 Å². The van der Waals surface area contributed by atoms with Crippen molar-refractivity contribution >= 4 is 17.7 Å². The second kappa shape index (κ2) is 7.98. The Bertz CT molecular complexity index is 668. The third-order valence-electron chi connectivity index (χ3n) is 5.65. The molecule has 8 heteroatoms. The molecular formula is C19H30N4O4. The van der Waals surface area contributed by atoms with Crippen LogP contribution in [0.2, 0.25) is 0 Å². The molecule has 27 heavy (non-hydrogen) atoms. The standard InChI is InChI=1S/C19H30N4O4/c1-18(2,16(24)25)14-12-20-17(21-13-19(26)6-4-3-5-7-19)22-15(14)23-8-10-27-11-9-23/h12,26H,3-11,13H2,1-2H3,(H,24,25)(H,20,21,22). The number of morpholine rings is 1. The quantitative estimate of drug-likeness (QED) is 0.688. The van der Waals surface area contributed by atoms with Crippen LogP contribution >= 0.6 is 0 Å². The van der Waals surface area contributed by atoms with Gasteiger partial charge in [0.05, 0.1) is 24.2 Å². The van der Waals surface area contributed by atoms with Crippen molar-refractivity contribution in [1.82, 2.24) is 9.97 Å². The van der Waals surface area contributed by atoms with Crippen molar-refractivity contribution in [2.24, 2.45) is 0 Å². The first kappa shape index (κ1) is 19.8. The molecule has 1 aromatic rings. The van der Waals surface area contributed by atoms with Gasteiger partial charge in [0.15, 0.2) is 0 Å². The Balaban J connectivity index is 1.84. The summed E-state index contributed by atoms with van der Waals surface area (Å²) in [5.41, 5.74) is -1.24. The van der Waals surface area contributed by atoms with E-state index in [1.807, 2.05) is 4.90 Å². The van der Waals surface area contributed by atoms with Gasteiger partial charge in [0.2, 0.25) is 5.95 Å². The van der Waals surface area contributed by atoms with Gasteiger partial charge in [-0.1, -0.05) is 19.3 Å². The first-order chi connectivity index (χ1) is 12.8. The van der Waals surface area contributed by atoms with E-state index < -0.39 is 17.0 Å². The second-order valence-corrected chi connectivity index (χ2v) is 8.10. The molecule has 0 atom stereocenters. The highest BCUT2D eigenvalue weighted by Gasteiger charge is 2.35. The summed E-state index contributed by atoms with van der Waals surface area (Å²) >= 11 is 0. The normalized spacial score (nSPS) is 20.3. The van der Waals surface area contributed by atoms with E-state index in [1.54, 1.807) is 20.0 Å². The summed E-state index contributed by atoms with van der Waals surface area (Å²) in [5.74, 6) is 0.122. The maximum absolute atomic E-state index is 11.8. The molecule has 0 bridgehead atoms. The number of aliphatic hydroxyl groups is 1. The third-order valence-corrected chi connectivity index (χ3v) is 5.65. The molecule has 8 nitrogen and oxygen atoms in total. The fourth-order valence-corrected chi connectivity index (χ4v) is 3.66. The van der Waals surface area contributed by atoms with Crippen LogP contribution in [0.15, 0.2) is 6.20 Å². The number of rotatable bonds is 6. The van der Waals surface area contributed by atoms with Crippen LogP contribution in [-0.4, -0.2) is 64.6 Å². The Morgan fingerprint density at radius 3 is 2.59 bits per heavy atom. The number of nitrogens with one attached hydrogen (secondary N) is 1. The van der Waals surface area contributed by atoms with E-state index in [0.29, 0.717) is 50.2 Å². The first-order valence-corrected chi connectivity index (χ1v) is 9.72. The fourth-order valence-electron chi connectivity index (χ4n) is 3.66. The zero-order valence-corrected chi connectivity index (χ0v) is 16.2. The Morgan fingerprint density at radius 2 is 1.96 bits per heavy atom. The molecule has 1 aliphatic carbocycles. The average molecular weight is 378 g/mol. The van der Waals surface area contributed by atoms with Gasteiger partial charge in [-0.15, -0.1) is 0 Å². The van der Waals surface area contributed by atoms with Crippen molar-refractivity contribution in [3.05, 3.63) is 11.8 Å². The number of carboxylic acid groups (broad SMARTS) is 1. The summed E-state index contributed by atoms with van der Waals surface area (Å²) in [5, 5.41) is 23.5. The highest BCUT2D eigenvalue weighted by atomic mass is 16.5. The summed E-state index contributed by atoms with van der Waals surface area (Å²) in [6.45, 7) is 6.20. The Labute approximate surface area is 160 Å². The smallest absolute Gasteiger partial charge is 0.313 e. The SMILES string of the molecule is CC(C)(C(=O)O)c1cnc(NCC2(O)CCCCC2)nc1N1CCOCC1. The van der Waals surface area contributed by atoms with Crippen LogP contribution in [0, 0.1) is 0 Å². The number of hydrogen-bond acceptors (Lipinski definition) is 7. The number of nitrogens with zero attached hydrogens (tertiary/aromatic N) is 3. The second-order valence-electron chi connectivity index (χ2n) is 8.10. The Kier molecular flexibility index (Phi) is 5.86. The number of anilines is 2. The minimum Gasteiger partial charge on any atom is -0.481 e. The summed E-state index contributed by atoms with van der Waals surface area (Å²) in [7, 11) is 0. The van der Waals surface area contributed by atoms with E-state index >= 15 is 0 Å². The van der Waals surface area contributed by atoms with Crippen molar-refractivity contribution in [2.75, 3.05) is 43.1 Å². The predicted octanol–water partition coefficient (Wildman–Crippen LogP) is 1.78. The average Bonchev–Trinajstić information content (AvgIpc) is 2.67. The highest BCUT2D eigenvalue weighted by molar-refractivity contribution is 5.82. The van der Waals surface area contributed by atoms with Crippen molar-refractivity contribution in [3.8, 4) is 0 Å². The van der Waals surface area contributed by atoms with E-state index in [2.05, 4.69) is 15.3 Å². The van der Waals surface area contributed by atoms with E-state index in [4.69, 9.17) is 4.74 Å². The first-order valence-electron chi connectivity index (χ1n) is 9.72. The van der Waals surface area contributed by atoms with Gasteiger partial charge in [-0.3, -0.25) is 4.79 Å². The molecule has 2 aliphatic rings. The van der Waals surface area contributed by atoms with Crippen LogP contribution in [-0.2, 0) is 14.9 Å². The van der Waals surface area contributed by atoms with Gasteiger partial charge in [0.25, 0.3) is 0 Å². The molecule has 0 aromatic carbocycles. The van der Waals surface area contributed by atoms with Gasteiger partial charge in [-0.25, -0.2) is 4.98 Å². The van der Waals surface area contributed by atoms with Crippen LogP contribution in [0.3, 0.4) is 0 Å². The van der Waals surface area contributed by atoms with Gasteiger partial charge in [-0.2, -0.15) is 4.98 Å². The monoisotopic (exact) mass is 378 g/mol. The minimum atomic E-state index is -1.10. The van der Waals surface area contributed by atoms with Crippen LogP contribution in [0.4, 0.5) is 11.8 Å². The zero-order chi connectivity index (χ0) is 19.5. The number of hydrogen-bond donors (Lipinski definition) is 3. The van der Waals surface area contributed by atoms with Crippen LogP contribution in [0.5, 0.6) is 0 Å². The molecule has 0 radical (unpaired) electrons. The van der Waals surface area contributed by atoms with Crippen molar-refractivity contribution in [2.45, 2.75) is 57.0 Å². The molecule has 1 aromatic heterocycles. The van der Waals surface area contributed by atoms with E-state index in [1.165, 1.54) is 6.42 Å². The van der Waals surface area contributed by atoms with Gasteiger partial charge in [0, 0.05) is 31.4 Å². The largest absolute Gasteiger partial charge is 0.481 e. The predicted molar refractivity (Wildman–Crippen MR) is 102 cm³/mol. The fraction of sp³-hybridized carbons (Fsp3) is 0.737. The summed E-state index contributed by atoms with van der Waals surface area (Å²) in [6, 6.07) is 0. The number of aromatic nitrogens is 2. The molecular weight excluding hydrogens is 348 g/mol. The lowest BCUT2D eigenvalue weighted by Crippen LogP contribution is -2.41. The summed E-state index contributed by atoms with van der Waals surface area (Å²) in [4.78, 5) is 22.8. The van der Waals surface area contributed by atoms with Crippen LogP contribution in [0.25, 0.3) is 0 Å². The molecule has 0 spiro atoms. The lowest BCUT2D eigenvalue weighted by atomic mass is 9.85. The third kappa shape index (κ3) is 4.50. The summed E-state index contributed by atoms with van der Waals surface area (Å²) < 4.78 is 5.41. The van der Waals surface area contributed by atoms with E-state index in [0.717, 1.165) is 25.7 Å². The topological polar surface area (TPSA) is 108 Å². The van der Waals surface area contributed by atoms with Gasteiger partial charge >= 0.3 is 5.97 Å². The highest BCUT2D eigenvalue weighted by Crippen LogP contribution is 2.33. The zero-order valence-electron chi connectivity index (χ0n) is 16.2. The summed E-state index contributed by atoms with van der Waals surface area (Å²) in [6.07, 6.45) is 6.38. The Hall–Kier alpha value is -1.93. The van der Waals surface area contributed by atoms with Crippen molar-refractivity contribution < 1.29 is 19.7 Å². The van der Waals surface area contributed by atoms with E-state index in [-0.39, 0.29) is 0 Å². The Morgan fingerprint density at radius 1 is 1.30 bits per heavy atom. The molecule has 2 heterocycles. The number of carbonyl (C=O) groups is 1. The molecule has 150 valence electrons. The molecule has 1 aliphatic heterocycles. The van der Waals surface area contributed by atoms with Gasteiger partial charge in [0.1, 0.15) is 5.82 Å². The lowest BCUT2D eigenvalue weighted by Gasteiger charge is -2.34. The minimum absolute atomic E-state index is 0.400. The molecule has 3 rings (SSSR count). The van der Waals surface area contributed by atoms with Crippen molar-refractivity contribution in [3.63, 3.8) is 0 Å². The van der Waals surface area contributed by atoms with Crippen molar-refractivity contribution in [1.29, 1.82) is 0 Å².